The Kier molecular flexibility index (Phi) is 4.53. The van der Waals surface area contributed by atoms with Gasteiger partial charge in [-0.15, -0.1) is 0 Å². The van der Waals surface area contributed by atoms with Crippen LogP contribution in [0.15, 0.2) is 42.0 Å². The van der Waals surface area contributed by atoms with Crippen LogP contribution in [0.25, 0.3) is 5.70 Å². The smallest absolute Gasteiger partial charge is 0.178 e. The Morgan fingerprint density at radius 1 is 1.27 bits per heavy atom. The van der Waals surface area contributed by atoms with Crippen LogP contribution in [0.5, 0.6) is 0 Å². The van der Waals surface area contributed by atoms with Gasteiger partial charge in [0.05, 0.1) is 11.7 Å². The summed E-state index contributed by atoms with van der Waals surface area (Å²) in [5, 5.41) is 9.20. The third-order valence-electron chi connectivity index (χ3n) is 5.71. The molecule has 1 aromatic carbocycles. The van der Waals surface area contributed by atoms with Gasteiger partial charge >= 0.3 is 0 Å². The van der Waals surface area contributed by atoms with Crippen LogP contribution >= 0.6 is 0 Å². The van der Waals surface area contributed by atoms with Crippen molar-refractivity contribution in [3.05, 3.63) is 59.4 Å². The zero-order chi connectivity index (χ0) is 18.1. The lowest BCUT2D eigenvalue weighted by Gasteiger charge is -2.32. The van der Waals surface area contributed by atoms with Crippen LogP contribution in [0.1, 0.15) is 61.2 Å². The van der Waals surface area contributed by atoms with Gasteiger partial charge in [-0.1, -0.05) is 56.7 Å². The molecule has 1 aliphatic heterocycles. The SMILES string of the molecule is C=C(c1ccccc1)N1CCc2c(CC)nn(C3CCCC3)c2/C1=N/N. The molecule has 0 spiro atoms. The summed E-state index contributed by atoms with van der Waals surface area (Å²) in [6.45, 7) is 7.34. The van der Waals surface area contributed by atoms with Gasteiger partial charge in [-0.05, 0) is 31.2 Å². The minimum Gasteiger partial charge on any atom is -0.323 e. The number of hydrogen-bond acceptors (Lipinski definition) is 3. The lowest BCUT2D eigenvalue weighted by Crippen LogP contribution is -2.39. The maximum atomic E-state index is 5.91. The minimum absolute atomic E-state index is 0.464. The molecule has 4 rings (SSSR count). The van der Waals surface area contributed by atoms with E-state index in [0.29, 0.717) is 6.04 Å². The number of rotatable bonds is 4. The van der Waals surface area contributed by atoms with Gasteiger partial charge in [0.2, 0.25) is 0 Å². The number of hydrogen-bond donors (Lipinski definition) is 1. The fourth-order valence-electron chi connectivity index (χ4n) is 4.35. The summed E-state index contributed by atoms with van der Waals surface area (Å²) >= 11 is 0. The Balaban J connectivity index is 1.77. The van der Waals surface area contributed by atoms with Gasteiger partial charge in [0, 0.05) is 17.8 Å². The number of nitrogens with zero attached hydrogens (tertiary/aromatic N) is 4. The van der Waals surface area contributed by atoms with E-state index in [1.54, 1.807) is 0 Å². The monoisotopic (exact) mass is 349 g/mol. The molecule has 0 unspecified atom stereocenters. The number of fused-ring (bicyclic) bond motifs is 1. The summed E-state index contributed by atoms with van der Waals surface area (Å²) in [5.41, 5.74) is 5.66. The largest absolute Gasteiger partial charge is 0.323 e. The summed E-state index contributed by atoms with van der Waals surface area (Å²) in [4.78, 5) is 2.16. The molecule has 2 aliphatic rings. The summed E-state index contributed by atoms with van der Waals surface area (Å²) < 4.78 is 2.22. The van der Waals surface area contributed by atoms with Crippen LogP contribution in [0.2, 0.25) is 0 Å². The highest BCUT2D eigenvalue weighted by molar-refractivity contribution is 6.04. The molecule has 2 heterocycles. The third kappa shape index (κ3) is 2.71. The van der Waals surface area contributed by atoms with E-state index >= 15 is 0 Å². The number of benzene rings is 1. The summed E-state index contributed by atoms with van der Waals surface area (Å²) in [6, 6.07) is 10.7. The number of nitrogens with two attached hydrogens (primary N) is 1. The average Bonchev–Trinajstić information content (AvgIpc) is 3.34. The molecule has 1 aliphatic carbocycles. The number of amidine groups is 1. The zero-order valence-corrected chi connectivity index (χ0v) is 15.5. The van der Waals surface area contributed by atoms with Crippen LogP contribution in [-0.2, 0) is 12.8 Å². The van der Waals surface area contributed by atoms with Gasteiger partial charge in [0.25, 0.3) is 0 Å². The molecule has 0 atom stereocenters. The maximum absolute atomic E-state index is 5.91. The van der Waals surface area contributed by atoms with Crippen molar-refractivity contribution in [1.29, 1.82) is 0 Å². The molecule has 136 valence electrons. The molecular formula is C21H27N5. The molecule has 0 amide bonds. The zero-order valence-electron chi connectivity index (χ0n) is 15.5. The van der Waals surface area contributed by atoms with Crippen molar-refractivity contribution in [2.75, 3.05) is 6.54 Å². The Morgan fingerprint density at radius 2 is 2.00 bits per heavy atom. The summed E-state index contributed by atoms with van der Waals surface area (Å²) in [6.07, 6.45) is 6.83. The van der Waals surface area contributed by atoms with E-state index in [0.717, 1.165) is 42.2 Å². The van der Waals surface area contributed by atoms with Crippen molar-refractivity contribution in [1.82, 2.24) is 14.7 Å². The first kappa shape index (κ1) is 16.9. The van der Waals surface area contributed by atoms with Crippen LogP contribution < -0.4 is 5.84 Å². The van der Waals surface area contributed by atoms with Gasteiger partial charge in [-0.3, -0.25) is 4.68 Å². The van der Waals surface area contributed by atoms with E-state index in [1.165, 1.54) is 36.9 Å². The molecule has 0 bridgehead atoms. The first-order chi connectivity index (χ1) is 12.7. The molecule has 1 fully saturated rings. The van der Waals surface area contributed by atoms with Crippen molar-refractivity contribution in [2.24, 2.45) is 10.9 Å². The molecule has 1 aromatic heterocycles. The van der Waals surface area contributed by atoms with Crippen molar-refractivity contribution in [2.45, 2.75) is 51.5 Å². The number of hydrazone groups is 1. The highest BCUT2D eigenvalue weighted by Crippen LogP contribution is 2.35. The highest BCUT2D eigenvalue weighted by atomic mass is 15.4. The molecule has 26 heavy (non-hydrogen) atoms. The van der Waals surface area contributed by atoms with Crippen molar-refractivity contribution >= 4 is 11.5 Å². The molecule has 1 saturated carbocycles. The minimum atomic E-state index is 0.464. The Bertz CT molecular complexity index is 828. The number of aromatic nitrogens is 2. The Hall–Kier alpha value is -2.56. The van der Waals surface area contributed by atoms with Crippen molar-refractivity contribution in [3.8, 4) is 0 Å². The van der Waals surface area contributed by atoms with Crippen molar-refractivity contribution < 1.29 is 0 Å². The quantitative estimate of drug-likeness (QED) is 0.676. The number of aryl methyl sites for hydroxylation is 1. The lowest BCUT2D eigenvalue weighted by atomic mass is 10.00. The fourth-order valence-corrected chi connectivity index (χ4v) is 4.35. The van der Waals surface area contributed by atoms with Crippen LogP contribution in [0.4, 0.5) is 0 Å². The van der Waals surface area contributed by atoms with Gasteiger partial charge in [0.15, 0.2) is 5.84 Å². The maximum Gasteiger partial charge on any atom is 0.178 e. The molecule has 5 nitrogen and oxygen atoms in total. The van der Waals surface area contributed by atoms with Gasteiger partial charge < -0.3 is 10.7 Å². The molecule has 5 heteroatoms. The molecule has 2 aromatic rings. The first-order valence-electron chi connectivity index (χ1n) is 9.65. The van der Waals surface area contributed by atoms with E-state index in [-0.39, 0.29) is 0 Å². The van der Waals surface area contributed by atoms with E-state index in [1.807, 2.05) is 18.2 Å². The van der Waals surface area contributed by atoms with E-state index in [9.17, 15) is 0 Å². The predicted molar refractivity (Wildman–Crippen MR) is 106 cm³/mol. The van der Waals surface area contributed by atoms with Crippen LogP contribution in [-0.4, -0.2) is 27.1 Å². The summed E-state index contributed by atoms with van der Waals surface area (Å²) in [7, 11) is 0. The lowest BCUT2D eigenvalue weighted by molar-refractivity contribution is 0.451. The second-order valence-corrected chi connectivity index (χ2v) is 7.18. The van der Waals surface area contributed by atoms with Crippen LogP contribution in [0.3, 0.4) is 0 Å². The van der Waals surface area contributed by atoms with Crippen LogP contribution in [0, 0.1) is 0 Å². The fraction of sp³-hybridized carbons (Fsp3) is 0.429. The van der Waals surface area contributed by atoms with Gasteiger partial charge in [0.1, 0.15) is 5.69 Å². The Labute approximate surface area is 155 Å². The van der Waals surface area contributed by atoms with Gasteiger partial charge in [-0.2, -0.15) is 10.2 Å². The molecule has 0 saturated heterocycles. The van der Waals surface area contributed by atoms with E-state index in [2.05, 4.69) is 40.3 Å². The summed E-state index contributed by atoms with van der Waals surface area (Å²) in [5.74, 6) is 6.71. The standard InChI is InChI=1S/C21H27N5/c1-3-19-18-13-14-25(15(2)16-9-5-4-6-10-16)21(23-22)20(18)26(24-19)17-11-7-8-12-17/h4-6,9-10,17H,2-3,7-8,11-14,22H2,1H3/b23-21-. The van der Waals surface area contributed by atoms with Gasteiger partial charge in [-0.25, -0.2) is 0 Å². The predicted octanol–water partition coefficient (Wildman–Crippen LogP) is 3.71. The average molecular weight is 349 g/mol. The second kappa shape index (κ2) is 6.98. The van der Waals surface area contributed by atoms with Crippen molar-refractivity contribution in [3.63, 3.8) is 0 Å². The normalized spacial score (nSPS) is 19.1. The molecule has 0 radical (unpaired) electrons. The topological polar surface area (TPSA) is 59.4 Å². The Morgan fingerprint density at radius 3 is 2.65 bits per heavy atom. The second-order valence-electron chi connectivity index (χ2n) is 7.18. The highest BCUT2D eigenvalue weighted by Gasteiger charge is 2.34. The first-order valence-corrected chi connectivity index (χ1v) is 9.65. The van der Waals surface area contributed by atoms with E-state index in [4.69, 9.17) is 10.9 Å². The third-order valence-corrected chi connectivity index (χ3v) is 5.71. The molecule has 2 N–H and O–H groups in total. The molecular weight excluding hydrogens is 322 g/mol. The van der Waals surface area contributed by atoms with E-state index < -0.39 is 0 Å².